The molecule has 1 unspecified atom stereocenters. The lowest BCUT2D eigenvalue weighted by Crippen LogP contribution is -2.19. The highest BCUT2D eigenvalue weighted by Crippen LogP contribution is 2.23. The van der Waals surface area contributed by atoms with Crippen LogP contribution in [0.2, 0.25) is 0 Å². The summed E-state index contributed by atoms with van der Waals surface area (Å²) in [5.41, 5.74) is -0.686. The lowest BCUT2D eigenvalue weighted by atomic mass is 10.1. The molecule has 0 saturated heterocycles. The van der Waals surface area contributed by atoms with Gasteiger partial charge in [0.2, 0.25) is 5.82 Å². The van der Waals surface area contributed by atoms with Gasteiger partial charge >= 0.3 is 5.69 Å². The van der Waals surface area contributed by atoms with Crippen molar-refractivity contribution in [2.45, 2.75) is 26.4 Å². The Bertz CT molecular complexity index is 675. The topological polar surface area (TPSA) is 68.1 Å². The van der Waals surface area contributed by atoms with E-state index in [4.69, 9.17) is 0 Å². The molecule has 2 rings (SSSR count). The molecule has 0 aliphatic rings. The van der Waals surface area contributed by atoms with Gasteiger partial charge in [0.15, 0.2) is 0 Å². The molecule has 1 aromatic carbocycles. The fourth-order valence-electron chi connectivity index (χ4n) is 1.78. The Hall–Kier alpha value is -1.93. The summed E-state index contributed by atoms with van der Waals surface area (Å²) in [5.74, 6) is -1.99. The van der Waals surface area contributed by atoms with E-state index < -0.39 is 22.2 Å². The van der Waals surface area contributed by atoms with Gasteiger partial charge in [-0.15, -0.1) is 11.3 Å². The third-order valence-electron chi connectivity index (χ3n) is 2.92. The van der Waals surface area contributed by atoms with Gasteiger partial charge in [0, 0.05) is 35.3 Å². The minimum Gasteiger partial charge on any atom is -0.304 e. The van der Waals surface area contributed by atoms with Crippen LogP contribution in [0.15, 0.2) is 18.3 Å². The molecule has 0 amide bonds. The van der Waals surface area contributed by atoms with Crippen LogP contribution in [0, 0.1) is 28.7 Å². The fourth-order valence-corrected chi connectivity index (χ4v) is 2.58. The van der Waals surface area contributed by atoms with Gasteiger partial charge in [-0.25, -0.2) is 9.37 Å². The number of nitrogens with one attached hydrogen (secondary N) is 1. The van der Waals surface area contributed by atoms with Crippen LogP contribution in [-0.2, 0) is 6.54 Å². The molecule has 0 saturated carbocycles. The first-order chi connectivity index (χ1) is 9.88. The highest BCUT2D eigenvalue weighted by Gasteiger charge is 2.19. The van der Waals surface area contributed by atoms with Crippen molar-refractivity contribution >= 4 is 17.0 Å². The first kappa shape index (κ1) is 15.5. The maximum Gasteiger partial charge on any atom is 0.305 e. The van der Waals surface area contributed by atoms with Crippen molar-refractivity contribution in [3.63, 3.8) is 0 Å². The van der Waals surface area contributed by atoms with Crippen LogP contribution in [-0.4, -0.2) is 9.91 Å². The summed E-state index contributed by atoms with van der Waals surface area (Å²) in [6.45, 7) is 3.83. The molecule has 1 atom stereocenters. The van der Waals surface area contributed by atoms with E-state index in [0.717, 1.165) is 16.0 Å². The first-order valence-electron chi connectivity index (χ1n) is 6.16. The van der Waals surface area contributed by atoms with Gasteiger partial charge in [-0.05, 0) is 13.8 Å². The number of nitro groups is 1. The van der Waals surface area contributed by atoms with Crippen LogP contribution in [0.3, 0.4) is 0 Å². The molecule has 112 valence electrons. The van der Waals surface area contributed by atoms with Gasteiger partial charge in [0.1, 0.15) is 10.8 Å². The van der Waals surface area contributed by atoms with Gasteiger partial charge in [-0.2, -0.15) is 4.39 Å². The molecule has 1 heterocycles. The maximum atomic E-state index is 13.6. The van der Waals surface area contributed by atoms with Crippen LogP contribution in [0.4, 0.5) is 14.5 Å². The summed E-state index contributed by atoms with van der Waals surface area (Å²) in [7, 11) is 0. The third kappa shape index (κ3) is 3.59. The quantitative estimate of drug-likeness (QED) is 0.678. The Labute approximate surface area is 123 Å². The molecule has 2 aromatic rings. The Morgan fingerprint density at radius 1 is 1.43 bits per heavy atom. The van der Waals surface area contributed by atoms with Gasteiger partial charge in [-0.1, -0.05) is 0 Å². The fraction of sp³-hybridized carbons (Fsp3) is 0.308. The van der Waals surface area contributed by atoms with Crippen molar-refractivity contribution in [2.24, 2.45) is 0 Å². The average Bonchev–Trinajstić information content (AvgIpc) is 2.83. The van der Waals surface area contributed by atoms with Crippen molar-refractivity contribution in [3.8, 4) is 0 Å². The SMILES string of the molecule is Cc1cnc(C(C)NCc2cc([N+](=O)[O-])c(F)cc2F)s1. The number of hydrogen-bond donors (Lipinski definition) is 1. The van der Waals surface area contributed by atoms with Crippen LogP contribution >= 0.6 is 11.3 Å². The number of benzene rings is 1. The van der Waals surface area contributed by atoms with Crippen LogP contribution in [0.1, 0.15) is 28.4 Å². The van der Waals surface area contributed by atoms with E-state index in [1.807, 2.05) is 13.8 Å². The van der Waals surface area contributed by atoms with Crippen LogP contribution in [0.5, 0.6) is 0 Å². The summed E-state index contributed by atoms with van der Waals surface area (Å²) in [5, 5.41) is 14.5. The monoisotopic (exact) mass is 313 g/mol. The standard InChI is InChI=1S/C13H13F2N3O2S/c1-7-5-17-13(21-7)8(2)16-6-9-3-12(18(19)20)11(15)4-10(9)14/h3-5,8,16H,6H2,1-2H3. The predicted octanol–water partition coefficient (Wildman–Crippen LogP) is 3.49. The zero-order valence-corrected chi connectivity index (χ0v) is 12.2. The van der Waals surface area contributed by atoms with Gasteiger partial charge in [0.05, 0.1) is 11.0 Å². The van der Waals surface area contributed by atoms with Crippen molar-refractivity contribution in [2.75, 3.05) is 0 Å². The molecule has 0 spiro atoms. The molecular weight excluding hydrogens is 300 g/mol. The normalized spacial score (nSPS) is 12.4. The van der Waals surface area contributed by atoms with E-state index in [1.165, 1.54) is 11.3 Å². The lowest BCUT2D eigenvalue weighted by molar-refractivity contribution is -0.387. The number of thiazole rings is 1. The summed E-state index contributed by atoms with van der Waals surface area (Å²) >= 11 is 1.51. The maximum absolute atomic E-state index is 13.6. The Kier molecular flexibility index (Phi) is 4.59. The summed E-state index contributed by atoms with van der Waals surface area (Å²) in [4.78, 5) is 15.1. The molecule has 8 heteroatoms. The molecular formula is C13H13F2N3O2S. The van der Waals surface area contributed by atoms with Gasteiger partial charge < -0.3 is 5.32 Å². The number of nitro benzene ring substituents is 1. The molecule has 21 heavy (non-hydrogen) atoms. The summed E-state index contributed by atoms with van der Waals surface area (Å²) in [6.07, 6.45) is 1.74. The number of aryl methyl sites for hydroxylation is 1. The van der Waals surface area contributed by atoms with Crippen molar-refractivity contribution < 1.29 is 13.7 Å². The zero-order chi connectivity index (χ0) is 15.6. The average molecular weight is 313 g/mol. The second kappa shape index (κ2) is 6.23. The molecule has 0 aliphatic heterocycles. The smallest absolute Gasteiger partial charge is 0.304 e. The largest absolute Gasteiger partial charge is 0.305 e. The van der Waals surface area contributed by atoms with E-state index in [1.54, 1.807) is 6.20 Å². The van der Waals surface area contributed by atoms with E-state index in [2.05, 4.69) is 10.3 Å². The molecule has 5 nitrogen and oxygen atoms in total. The Morgan fingerprint density at radius 2 is 2.14 bits per heavy atom. The minimum atomic E-state index is -1.18. The Morgan fingerprint density at radius 3 is 2.71 bits per heavy atom. The van der Waals surface area contributed by atoms with Crippen molar-refractivity contribution in [3.05, 3.63) is 55.5 Å². The minimum absolute atomic E-state index is 0.0447. The molecule has 0 aliphatic carbocycles. The molecule has 0 radical (unpaired) electrons. The number of halogens is 2. The second-order valence-corrected chi connectivity index (χ2v) is 5.83. The second-order valence-electron chi connectivity index (χ2n) is 4.56. The molecule has 0 bridgehead atoms. The van der Waals surface area contributed by atoms with Gasteiger partial charge in [-0.3, -0.25) is 10.1 Å². The van der Waals surface area contributed by atoms with Gasteiger partial charge in [0.25, 0.3) is 0 Å². The zero-order valence-electron chi connectivity index (χ0n) is 11.4. The van der Waals surface area contributed by atoms with Crippen LogP contribution < -0.4 is 5.32 Å². The molecule has 1 aromatic heterocycles. The molecule has 0 fully saturated rings. The molecule has 1 N–H and O–H groups in total. The number of nitrogens with zero attached hydrogens (tertiary/aromatic N) is 2. The third-order valence-corrected chi connectivity index (χ3v) is 4.02. The summed E-state index contributed by atoms with van der Waals surface area (Å²) in [6, 6.07) is 1.32. The number of hydrogen-bond acceptors (Lipinski definition) is 5. The number of rotatable bonds is 5. The van der Waals surface area contributed by atoms with E-state index in [9.17, 15) is 18.9 Å². The van der Waals surface area contributed by atoms with Crippen molar-refractivity contribution in [1.82, 2.24) is 10.3 Å². The van der Waals surface area contributed by atoms with Crippen LogP contribution in [0.25, 0.3) is 0 Å². The predicted molar refractivity (Wildman–Crippen MR) is 75.1 cm³/mol. The lowest BCUT2D eigenvalue weighted by Gasteiger charge is -2.11. The first-order valence-corrected chi connectivity index (χ1v) is 6.98. The highest BCUT2D eigenvalue weighted by atomic mass is 32.1. The van der Waals surface area contributed by atoms with E-state index >= 15 is 0 Å². The summed E-state index contributed by atoms with van der Waals surface area (Å²) < 4.78 is 26.9. The van der Waals surface area contributed by atoms with Crippen molar-refractivity contribution in [1.29, 1.82) is 0 Å². The van der Waals surface area contributed by atoms with E-state index in [-0.39, 0.29) is 18.2 Å². The van der Waals surface area contributed by atoms with E-state index in [0.29, 0.717) is 6.07 Å². The number of aromatic nitrogens is 1. The highest BCUT2D eigenvalue weighted by molar-refractivity contribution is 7.11. The Balaban J connectivity index is 2.12.